The summed E-state index contributed by atoms with van der Waals surface area (Å²) in [5.74, 6) is 0.825. The van der Waals surface area contributed by atoms with E-state index < -0.39 is 0 Å². The largest absolute Gasteiger partial charge is 0.350 e. The summed E-state index contributed by atoms with van der Waals surface area (Å²) in [5, 5.41) is 12.5. The lowest BCUT2D eigenvalue weighted by Crippen LogP contribution is -1.97. The van der Waals surface area contributed by atoms with Gasteiger partial charge in [0, 0.05) is 36.1 Å². The van der Waals surface area contributed by atoms with Crippen molar-refractivity contribution in [3.8, 4) is 0 Å². The van der Waals surface area contributed by atoms with Crippen molar-refractivity contribution in [1.82, 2.24) is 19.4 Å². The lowest BCUT2D eigenvalue weighted by Gasteiger charge is -1.96. The lowest BCUT2D eigenvalue weighted by molar-refractivity contribution is 0.780. The van der Waals surface area contributed by atoms with Gasteiger partial charge in [-0.3, -0.25) is 5.10 Å². The first kappa shape index (κ1) is 12.8. The van der Waals surface area contributed by atoms with Crippen LogP contribution >= 0.6 is 12.2 Å². The minimum atomic E-state index is 0.512. The van der Waals surface area contributed by atoms with Crippen LogP contribution in [0.2, 0.25) is 0 Å². The summed E-state index contributed by atoms with van der Waals surface area (Å²) < 4.78 is 4.27. The van der Waals surface area contributed by atoms with Gasteiger partial charge in [0.15, 0.2) is 5.82 Å². The van der Waals surface area contributed by atoms with Crippen LogP contribution < -0.4 is 0 Å². The Morgan fingerprint density at radius 3 is 3.00 bits per heavy atom. The summed E-state index contributed by atoms with van der Waals surface area (Å²) in [4.78, 5) is 0. The second-order valence-electron chi connectivity index (χ2n) is 4.57. The topological polar surface area (TPSA) is 50.9 Å². The highest BCUT2D eigenvalue weighted by Gasteiger charge is 2.05. The molecule has 0 amide bonds. The predicted molar refractivity (Wildman–Crippen MR) is 82.7 cm³/mol. The number of nitrogens with zero attached hydrogens (tertiary/aromatic N) is 4. The molecule has 6 heteroatoms. The summed E-state index contributed by atoms with van der Waals surface area (Å²) >= 11 is 5.18. The molecule has 1 N–H and O–H groups in total. The van der Waals surface area contributed by atoms with Crippen molar-refractivity contribution in [2.24, 2.45) is 12.1 Å². The van der Waals surface area contributed by atoms with Gasteiger partial charge in [0.25, 0.3) is 0 Å². The zero-order chi connectivity index (χ0) is 14.1. The van der Waals surface area contributed by atoms with E-state index in [2.05, 4.69) is 38.2 Å². The highest BCUT2D eigenvalue weighted by molar-refractivity contribution is 7.71. The molecule has 3 aromatic rings. The van der Waals surface area contributed by atoms with Crippen molar-refractivity contribution in [1.29, 1.82) is 0 Å². The van der Waals surface area contributed by atoms with Crippen molar-refractivity contribution < 1.29 is 0 Å². The quantitative estimate of drug-likeness (QED) is 0.594. The fourth-order valence-electron chi connectivity index (χ4n) is 2.27. The van der Waals surface area contributed by atoms with Crippen molar-refractivity contribution in [2.75, 3.05) is 0 Å². The highest BCUT2D eigenvalue weighted by atomic mass is 32.1. The number of hydrogen-bond donors (Lipinski definition) is 1. The molecule has 0 spiro atoms. The molecule has 2 heterocycles. The molecule has 0 saturated heterocycles. The summed E-state index contributed by atoms with van der Waals surface area (Å²) in [7, 11) is 2.03. The number of hydrogen-bond acceptors (Lipinski definition) is 3. The summed E-state index contributed by atoms with van der Waals surface area (Å²) in [6.45, 7) is 2.02. The highest BCUT2D eigenvalue weighted by Crippen LogP contribution is 2.18. The molecule has 3 rings (SSSR count). The summed E-state index contributed by atoms with van der Waals surface area (Å²) in [5.41, 5.74) is 2.24. The molecule has 0 aliphatic heterocycles. The minimum absolute atomic E-state index is 0.512. The number of rotatable bonds is 3. The maximum Gasteiger partial charge on any atom is 0.216 e. The number of aryl methyl sites for hydroxylation is 2. The molecule has 0 atom stereocenters. The Bertz CT molecular complexity index is 837. The van der Waals surface area contributed by atoms with Crippen LogP contribution in [0, 0.1) is 4.77 Å². The van der Waals surface area contributed by atoms with E-state index in [0.717, 1.165) is 17.8 Å². The first-order valence-corrected chi connectivity index (χ1v) is 6.86. The molecule has 0 aliphatic carbocycles. The number of aromatic nitrogens is 4. The van der Waals surface area contributed by atoms with E-state index in [4.69, 9.17) is 12.2 Å². The van der Waals surface area contributed by atoms with Gasteiger partial charge in [-0.25, -0.2) is 0 Å². The lowest BCUT2D eigenvalue weighted by atomic mass is 10.2. The van der Waals surface area contributed by atoms with E-state index in [1.54, 1.807) is 4.68 Å². The van der Waals surface area contributed by atoms with Gasteiger partial charge in [0.1, 0.15) is 0 Å². The number of H-pyrrole nitrogens is 1. The Hall–Kier alpha value is -2.21. The van der Waals surface area contributed by atoms with Crippen molar-refractivity contribution >= 4 is 29.3 Å². The second-order valence-corrected chi connectivity index (χ2v) is 4.95. The monoisotopic (exact) mass is 285 g/mol. The molecule has 5 nitrogen and oxygen atoms in total. The number of benzene rings is 1. The van der Waals surface area contributed by atoms with Crippen molar-refractivity contribution in [2.45, 2.75) is 13.3 Å². The van der Waals surface area contributed by atoms with Gasteiger partial charge >= 0.3 is 0 Å². The zero-order valence-electron chi connectivity index (χ0n) is 11.4. The first-order valence-electron chi connectivity index (χ1n) is 6.45. The third kappa shape index (κ3) is 2.08. The smallest absolute Gasteiger partial charge is 0.216 e. The van der Waals surface area contributed by atoms with E-state index in [9.17, 15) is 0 Å². The normalized spacial score (nSPS) is 11.7. The van der Waals surface area contributed by atoms with E-state index in [-0.39, 0.29) is 0 Å². The predicted octanol–water partition coefficient (Wildman–Crippen LogP) is 2.88. The van der Waals surface area contributed by atoms with Crippen LogP contribution in [0.4, 0.5) is 0 Å². The third-order valence-corrected chi connectivity index (χ3v) is 3.54. The Labute approximate surface area is 121 Å². The van der Waals surface area contributed by atoms with Gasteiger partial charge in [-0.1, -0.05) is 25.1 Å². The van der Waals surface area contributed by atoms with Gasteiger partial charge in [-0.15, -0.1) is 0 Å². The second kappa shape index (κ2) is 5.05. The average Bonchev–Trinajstić information content (AvgIpc) is 2.98. The van der Waals surface area contributed by atoms with Gasteiger partial charge < -0.3 is 4.57 Å². The van der Waals surface area contributed by atoms with E-state index >= 15 is 0 Å². The molecule has 0 bridgehead atoms. The number of fused-ring (bicyclic) bond motifs is 1. The molecular formula is C14H15N5S. The molecule has 0 unspecified atom stereocenters. The van der Waals surface area contributed by atoms with Gasteiger partial charge in [0.2, 0.25) is 4.77 Å². The van der Waals surface area contributed by atoms with Gasteiger partial charge in [0.05, 0.1) is 6.21 Å². The molecule has 20 heavy (non-hydrogen) atoms. The maximum atomic E-state index is 5.18. The minimum Gasteiger partial charge on any atom is -0.350 e. The van der Waals surface area contributed by atoms with Crippen molar-refractivity contribution in [3.63, 3.8) is 0 Å². The summed E-state index contributed by atoms with van der Waals surface area (Å²) in [6.07, 6.45) is 4.66. The Kier molecular flexibility index (Phi) is 3.23. The molecule has 0 saturated carbocycles. The van der Waals surface area contributed by atoms with Gasteiger partial charge in [-0.05, 0) is 18.3 Å². The molecule has 1 aromatic carbocycles. The molecule has 0 fully saturated rings. The Balaban J connectivity index is 2.07. The Morgan fingerprint density at radius 2 is 2.20 bits per heavy atom. The number of para-hydroxylation sites is 1. The molecule has 0 radical (unpaired) electrons. The number of aromatic amines is 1. The van der Waals surface area contributed by atoms with Crippen LogP contribution in [0.5, 0.6) is 0 Å². The van der Waals surface area contributed by atoms with Crippen LogP contribution in [0.1, 0.15) is 18.3 Å². The SMILES string of the molecule is CCc1n[nH]c(=S)n1/N=C\c1cn(C)c2ccccc12. The van der Waals surface area contributed by atoms with E-state index in [1.807, 2.05) is 32.3 Å². The first-order chi connectivity index (χ1) is 9.70. The van der Waals surface area contributed by atoms with Crippen LogP contribution in [0.25, 0.3) is 10.9 Å². The standard InChI is InChI=1S/C14H15N5S/c1-3-13-16-17-14(20)19(13)15-8-10-9-18(2)12-7-5-4-6-11(10)12/h4-9H,3H2,1-2H3,(H,17,20)/b15-8-. The molecular weight excluding hydrogens is 270 g/mol. The fourth-order valence-corrected chi connectivity index (χ4v) is 2.47. The molecule has 0 aliphatic rings. The molecule has 102 valence electrons. The van der Waals surface area contributed by atoms with Crippen LogP contribution in [0.3, 0.4) is 0 Å². The summed E-state index contributed by atoms with van der Waals surface area (Å²) in [6, 6.07) is 8.24. The van der Waals surface area contributed by atoms with Crippen LogP contribution in [0.15, 0.2) is 35.6 Å². The van der Waals surface area contributed by atoms with Crippen LogP contribution in [-0.2, 0) is 13.5 Å². The van der Waals surface area contributed by atoms with Crippen molar-refractivity contribution in [3.05, 3.63) is 46.6 Å². The zero-order valence-corrected chi connectivity index (χ0v) is 12.2. The maximum absolute atomic E-state index is 5.18. The fraction of sp³-hybridized carbons (Fsp3) is 0.214. The number of nitrogens with one attached hydrogen (secondary N) is 1. The Morgan fingerprint density at radius 1 is 1.40 bits per heavy atom. The third-order valence-electron chi connectivity index (χ3n) is 3.27. The molecule has 2 aromatic heterocycles. The van der Waals surface area contributed by atoms with Crippen LogP contribution in [-0.4, -0.2) is 25.7 Å². The van der Waals surface area contributed by atoms with E-state index in [1.165, 1.54) is 10.9 Å². The van der Waals surface area contributed by atoms with E-state index in [0.29, 0.717) is 4.77 Å². The average molecular weight is 285 g/mol. The van der Waals surface area contributed by atoms with Gasteiger partial charge in [-0.2, -0.15) is 14.9 Å².